The smallest absolute Gasteiger partial charge is 0.129 e. The fourth-order valence-corrected chi connectivity index (χ4v) is 1.48. The van der Waals surface area contributed by atoms with Gasteiger partial charge in [-0.3, -0.25) is 0 Å². The fraction of sp³-hybridized carbons (Fsp3) is 0.692. The van der Waals surface area contributed by atoms with E-state index in [1.165, 1.54) is 0 Å². The first-order valence-corrected chi connectivity index (χ1v) is 6.11. The number of hydrogen-bond donors (Lipinski definition) is 1. The van der Waals surface area contributed by atoms with Crippen LogP contribution in [-0.4, -0.2) is 30.2 Å². The number of nitrogens with one attached hydrogen (secondary N) is 1. The summed E-state index contributed by atoms with van der Waals surface area (Å²) < 4.78 is 5.11. The topological polar surface area (TPSA) is 47.0 Å². The normalized spacial score (nSPS) is 11.5. The summed E-state index contributed by atoms with van der Waals surface area (Å²) in [6.07, 6.45) is 3.58. The van der Waals surface area contributed by atoms with Crippen molar-refractivity contribution in [1.29, 1.82) is 0 Å². The minimum absolute atomic E-state index is 0.202. The first-order valence-electron chi connectivity index (χ1n) is 6.11. The maximum absolute atomic E-state index is 5.11. The molecule has 4 heteroatoms. The van der Waals surface area contributed by atoms with Gasteiger partial charge in [0.25, 0.3) is 0 Å². The van der Waals surface area contributed by atoms with Crippen molar-refractivity contribution in [3.8, 4) is 0 Å². The van der Waals surface area contributed by atoms with E-state index in [0.717, 1.165) is 37.5 Å². The van der Waals surface area contributed by atoms with Crippen LogP contribution in [0.15, 0.2) is 12.4 Å². The Morgan fingerprint density at radius 2 is 2.12 bits per heavy atom. The van der Waals surface area contributed by atoms with Crippen LogP contribution < -0.4 is 5.32 Å². The summed E-state index contributed by atoms with van der Waals surface area (Å²) in [6, 6.07) is 2.01. The van der Waals surface area contributed by atoms with Crippen LogP contribution in [0.25, 0.3) is 0 Å². The van der Waals surface area contributed by atoms with E-state index < -0.39 is 0 Å². The predicted octanol–water partition coefficient (Wildman–Crippen LogP) is 2.51. The SMILES string of the molecule is CCc1cc(NCC(C)(C)CCOC)ncn1. The molecule has 0 atom stereocenters. The van der Waals surface area contributed by atoms with Gasteiger partial charge in [-0.1, -0.05) is 20.8 Å². The third-order valence-electron chi connectivity index (χ3n) is 2.82. The van der Waals surface area contributed by atoms with Crippen LogP contribution in [0, 0.1) is 5.41 Å². The summed E-state index contributed by atoms with van der Waals surface area (Å²) in [5.74, 6) is 0.905. The Morgan fingerprint density at radius 1 is 1.35 bits per heavy atom. The number of ether oxygens (including phenoxy) is 1. The summed E-state index contributed by atoms with van der Waals surface area (Å²) in [7, 11) is 1.74. The van der Waals surface area contributed by atoms with Gasteiger partial charge < -0.3 is 10.1 Å². The van der Waals surface area contributed by atoms with Gasteiger partial charge in [0.15, 0.2) is 0 Å². The molecule has 1 aromatic heterocycles. The molecule has 1 aromatic rings. The zero-order chi connectivity index (χ0) is 12.7. The molecule has 4 nitrogen and oxygen atoms in total. The first-order chi connectivity index (χ1) is 8.07. The minimum atomic E-state index is 0.202. The Morgan fingerprint density at radius 3 is 2.76 bits per heavy atom. The molecule has 0 saturated heterocycles. The van der Waals surface area contributed by atoms with Gasteiger partial charge in [-0.25, -0.2) is 9.97 Å². The van der Waals surface area contributed by atoms with Crippen LogP contribution in [0.2, 0.25) is 0 Å². The van der Waals surface area contributed by atoms with E-state index in [2.05, 4.69) is 36.1 Å². The molecule has 1 N–H and O–H groups in total. The summed E-state index contributed by atoms with van der Waals surface area (Å²) in [6.45, 7) is 8.21. The highest BCUT2D eigenvalue weighted by Crippen LogP contribution is 2.20. The first kappa shape index (κ1) is 13.9. The molecule has 0 saturated carbocycles. The lowest BCUT2D eigenvalue weighted by Crippen LogP contribution is -2.25. The summed E-state index contributed by atoms with van der Waals surface area (Å²) in [5, 5.41) is 3.36. The molecule has 0 aromatic carbocycles. The van der Waals surface area contributed by atoms with E-state index in [4.69, 9.17) is 4.74 Å². The summed E-state index contributed by atoms with van der Waals surface area (Å²) >= 11 is 0. The average molecular weight is 237 g/mol. The monoisotopic (exact) mass is 237 g/mol. The van der Waals surface area contributed by atoms with Crippen LogP contribution in [0.1, 0.15) is 32.9 Å². The molecular formula is C13H23N3O. The lowest BCUT2D eigenvalue weighted by Gasteiger charge is -2.24. The van der Waals surface area contributed by atoms with E-state index in [1.807, 2.05) is 6.07 Å². The zero-order valence-electron chi connectivity index (χ0n) is 11.3. The highest BCUT2D eigenvalue weighted by molar-refractivity contribution is 5.34. The third-order valence-corrected chi connectivity index (χ3v) is 2.82. The standard InChI is InChI=1S/C13H23N3O/c1-5-11-8-12(16-10-15-11)14-9-13(2,3)6-7-17-4/h8,10H,5-7,9H2,1-4H3,(H,14,15,16). The van der Waals surface area contributed by atoms with Gasteiger partial charge in [0.1, 0.15) is 12.1 Å². The molecule has 1 heterocycles. The summed E-state index contributed by atoms with van der Waals surface area (Å²) in [4.78, 5) is 8.40. The molecule has 0 bridgehead atoms. The second-order valence-electron chi connectivity index (χ2n) is 5.01. The van der Waals surface area contributed by atoms with Gasteiger partial charge >= 0.3 is 0 Å². The molecular weight excluding hydrogens is 214 g/mol. The van der Waals surface area contributed by atoms with E-state index in [0.29, 0.717) is 0 Å². The number of hydrogen-bond acceptors (Lipinski definition) is 4. The van der Waals surface area contributed by atoms with Crippen molar-refractivity contribution in [2.24, 2.45) is 5.41 Å². The lowest BCUT2D eigenvalue weighted by atomic mass is 9.90. The van der Waals surface area contributed by atoms with Crippen molar-refractivity contribution in [3.05, 3.63) is 18.1 Å². The third kappa shape index (κ3) is 5.13. The van der Waals surface area contributed by atoms with Gasteiger partial charge in [-0.2, -0.15) is 0 Å². The number of aryl methyl sites for hydroxylation is 1. The van der Waals surface area contributed by atoms with Crippen LogP contribution in [-0.2, 0) is 11.2 Å². The van der Waals surface area contributed by atoms with Gasteiger partial charge in [0.05, 0.1) is 0 Å². The molecule has 96 valence electrons. The number of rotatable bonds is 7. The lowest BCUT2D eigenvalue weighted by molar-refractivity contribution is 0.157. The molecule has 17 heavy (non-hydrogen) atoms. The Bertz CT molecular complexity index is 339. The van der Waals surface area contributed by atoms with Crippen molar-refractivity contribution in [3.63, 3.8) is 0 Å². The highest BCUT2D eigenvalue weighted by atomic mass is 16.5. The number of nitrogens with zero attached hydrogens (tertiary/aromatic N) is 2. The van der Waals surface area contributed by atoms with Crippen LogP contribution in [0.4, 0.5) is 5.82 Å². The van der Waals surface area contributed by atoms with Crippen molar-refractivity contribution < 1.29 is 4.74 Å². The minimum Gasteiger partial charge on any atom is -0.385 e. The second kappa shape index (κ2) is 6.55. The van der Waals surface area contributed by atoms with E-state index in [9.17, 15) is 0 Å². The van der Waals surface area contributed by atoms with Crippen molar-refractivity contribution in [1.82, 2.24) is 9.97 Å². The summed E-state index contributed by atoms with van der Waals surface area (Å²) in [5.41, 5.74) is 1.27. The Kier molecular flexibility index (Phi) is 5.35. The molecule has 0 fully saturated rings. The zero-order valence-corrected chi connectivity index (χ0v) is 11.3. The fourth-order valence-electron chi connectivity index (χ4n) is 1.48. The number of aromatic nitrogens is 2. The van der Waals surface area contributed by atoms with E-state index in [-0.39, 0.29) is 5.41 Å². The molecule has 0 unspecified atom stereocenters. The Balaban J connectivity index is 2.48. The maximum Gasteiger partial charge on any atom is 0.129 e. The van der Waals surface area contributed by atoms with Crippen molar-refractivity contribution in [2.75, 3.05) is 25.6 Å². The second-order valence-corrected chi connectivity index (χ2v) is 5.01. The predicted molar refractivity (Wildman–Crippen MR) is 70.2 cm³/mol. The highest BCUT2D eigenvalue weighted by Gasteiger charge is 2.17. The molecule has 0 spiro atoms. The molecule has 0 aliphatic rings. The van der Waals surface area contributed by atoms with Crippen molar-refractivity contribution >= 4 is 5.82 Å². The largest absolute Gasteiger partial charge is 0.385 e. The van der Waals surface area contributed by atoms with E-state index >= 15 is 0 Å². The molecule has 0 aliphatic heterocycles. The van der Waals surface area contributed by atoms with Crippen molar-refractivity contribution in [2.45, 2.75) is 33.6 Å². The van der Waals surface area contributed by atoms with E-state index in [1.54, 1.807) is 13.4 Å². The van der Waals surface area contributed by atoms with Crippen LogP contribution >= 0.6 is 0 Å². The van der Waals surface area contributed by atoms with Gasteiger partial charge in [0.2, 0.25) is 0 Å². The van der Waals surface area contributed by atoms with Gasteiger partial charge in [0, 0.05) is 32.0 Å². The molecule has 1 rings (SSSR count). The number of methoxy groups -OCH3 is 1. The van der Waals surface area contributed by atoms with Gasteiger partial charge in [-0.15, -0.1) is 0 Å². The molecule has 0 aliphatic carbocycles. The van der Waals surface area contributed by atoms with Crippen LogP contribution in [0.5, 0.6) is 0 Å². The molecule has 0 amide bonds. The Hall–Kier alpha value is -1.16. The number of anilines is 1. The molecule has 0 radical (unpaired) electrons. The average Bonchev–Trinajstić information content (AvgIpc) is 2.34. The van der Waals surface area contributed by atoms with Gasteiger partial charge in [-0.05, 0) is 18.3 Å². The van der Waals surface area contributed by atoms with Crippen LogP contribution in [0.3, 0.4) is 0 Å². The Labute approximate surface area is 104 Å². The quantitative estimate of drug-likeness (QED) is 0.791. The maximum atomic E-state index is 5.11.